The predicted octanol–water partition coefficient (Wildman–Crippen LogP) is -5.44. The molecule has 2 heterocycles. The first-order valence-corrected chi connectivity index (χ1v) is 40.1. The van der Waals surface area contributed by atoms with Crippen LogP contribution in [0.1, 0.15) is 172 Å². The molecule has 0 saturated carbocycles. The van der Waals surface area contributed by atoms with E-state index in [4.69, 9.17) is 22.9 Å². The van der Waals surface area contributed by atoms with Crippen LogP contribution in [-0.4, -0.2) is 264 Å². The second kappa shape index (κ2) is 50.6. The van der Waals surface area contributed by atoms with E-state index in [0.29, 0.717) is 17.7 Å². The van der Waals surface area contributed by atoms with Gasteiger partial charge in [0.15, 0.2) is 5.96 Å². The van der Waals surface area contributed by atoms with Crippen LogP contribution in [0.15, 0.2) is 41.8 Å². The van der Waals surface area contributed by atoms with Crippen LogP contribution in [0.4, 0.5) is 0 Å². The number of aliphatic hydroxyl groups is 3. The van der Waals surface area contributed by atoms with Crippen molar-refractivity contribution < 1.29 is 102 Å². The number of nitrogens with two attached hydrogens (primary N) is 4. The highest BCUT2D eigenvalue weighted by Gasteiger charge is 2.43. The van der Waals surface area contributed by atoms with Crippen molar-refractivity contribution in [3.63, 3.8) is 0 Å². The fourth-order valence-corrected chi connectivity index (χ4v) is 12.5. The summed E-state index contributed by atoms with van der Waals surface area (Å²) in [6.07, 6.45) is 1.25. The van der Waals surface area contributed by atoms with Gasteiger partial charge in [-0.15, -0.1) is 0 Å². The minimum Gasteiger partial charge on any atom is -0.508 e. The zero-order valence-corrected chi connectivity index (χ0v) is 70.0. The fourth-order valence-electron chi connectivity index (χ4n) is 12.5. The molecular formula is C77H127N21O21. The van der Waals surface area contributed by atoms with E-state index in [2.05, 4.69) is 84.1 Å². The zero-order chi connectivity index (χ0) is 89.8. The van der Waals surface area contributed by atoms with E-state index < -0.39 is 229 Å². The van der Waals surface area contributed by atoms with E-state index in [1.54, 1.807) is 62.3 Å². The highest BCUT2D eigenvalue weighted by Crippen LogP contribution is 2.24. The Morgan fingerprint density at radius 2 is 0.950 bits per heavy atom. The average molecular weight is 1680 g/mol. The number of carboxylic acid groups (broad SMARTS) is 1. The number of aromatic nitrogens is 2. The monoisotopic (exact) mass is 1680 g/mol. The lowest BCUT2D eigenvalue weighted by atomic mass is 9.96. The van der Waals surface area contributed by atoms with Crippen LogP contribution in [0, 0.1) is 29.6 Å². The molecule has 1 aromatic heterocycles. The van der Waals surface area contributed by atoms with Crippen molar-refractivity contribution in [3.8, 4) is 5.75 Å². The number of carboxylic acids is 1. The van der Waals surface area contributed by atoms with Gasteiger partial charge in [-0.25, -0.2) is 9.78 Å². The Hall–Kier alpha value is -11.1. The quantitative estimate of drug-likeness (QED) is 0.0167. The van der Waals surface area contributed by atoms with E-state index in [1.807, 2.05) is 6.92 Å². The van der Waals surface area contributed by atoms with Gasteiger partial charge in [-0.2, -0.15) is 0 Å². The molecule has 42 heteroatoms. The lowest BCUT2D eigenvalue weighted by molar-refractivity contribution is -0.143. The summed E-state index contributed by atoms with van der Waals surface area (Å²) in [4.78, 5) is 233. The number of aliphatic hydroxyl groups excluding tert-OH is 3. The summed E-state index contributed by atoms with van der Waals surface area (Å²) in [7, 11) is 0. The third-order valence-corrected chi connectivity index (χ3v) is 20.3. The Bertz CT molecular complexity index is 3770. The highest BCUT2D eigenvalue weighted by atomic mass is 16.4. The number of guanidine groups is 1. The summed E-state index contributed by atoms with van der Waals surface area (Å²) in [5.41, 5.74) is 23.3. The number of nitrogens with one attached hydrogen (secondary N) is 14. The first-order valence-electron chi connectivity index (χ1n) is 40.1. The topological polar surface area (TPSA) is 679 Å². The molecule has 1 fully saturated rings. The van der Waals surface area contributed by atoms with Crippen LogP contribution in [0.25, 0.3) is 0 Å². The van der Waals surface area contributed by atoms with Crippen LogP contribution < -0.4 is 92.1 Å². The molecule has 27 N–H and O–H groups in total. The van der Waals surface area contributed by atoms with Gasteiger partial charge in [-0.3, -0.25) is 76.9 Å². The number of amides is 15. The minimum atomic E-state index is -2.00. The van der Waals surface area contributed by atoms with Crippen molar-refractivity contribution in [1.82, 2.24) is 84.0 Å². The van der Waals surface area contributed by atoms with E-state index in [1.165, 1.54) is 55.5 Å². The smallest absolute Gasteiger partial charge is 0.326 e. The van der Waals surface area contributed by atoms with Gasteiger partial charge >= 0.3 is 5.97 Å². The van der Waals surface area contributed by atoms with Crippen molar-refractivity contribution in [2.75, 3.05) is 26.3 Å². The summed E-state index contributed by atoms with van der Waals surface area (Å²) >= 11 is 0. The summed E-state index contributed by atoms with van der Waals surface area (Å²) in [5, 5.41) is 84.2. The number of aromatic amines is 1. The summed E-state index contributed by atoms with van der Waals surface area (Å²) in [6.45, 7) is 18.7. The van der Waals surface area contributed by atoms with Crippen LogP contribution in [0.3, 0.4) is 0 Å². The number of rotatable bonds is 52. The molecular weight excluding hydrogens is 1550 g/mol. The molecule has 1 aromatic carbocycles. The van der Waals surface area contributed by atoms with E-state index in [-0.39, 0.29) is 107 Å². The highest BCUT2D eigenvalue weighted by molar-refractivity contribution is 6.01. The molecule has 1 aliphatic rings. The second-order valence-corrected chi connectivity index (χ2v) is 31.1. The Kier molecular flexibility index (Phi) is 43.4. The van der Waals surface area contributed by atoms with Crippen molar-refractivity contribution in [2.45, 2.75) is 270 Å². The van der Waals surface area contributed by atoms with Crippen molar-refractivity contribution in [2.24, 2.45) is 57.5 Å². The number of imidazole rings is 1. The number of likely N-dealkylation sites (tertiary alicyclic amines) is 1. The van der Waals surface area contributed by atoms with Crippen molar-refractivity contribution >= 4 is 101 Å². The molecule has 42 nitrogen and oxygen atoms in total. The summed E-state index contributed by atoms with van der Waals surface area (Å²) < 4.78 is 0. The number of aromatic hydroxyl groups is 1. The Balaban J connectivity index is 1.79. The van der Waals surface area contributed by atoms with Gasteiger partial charge in [-0.05, 0) is 113 Å². The molecule has 0 unspecified atom stereocenters. The Morgan fingerprint density at radius 1 is 0.513 bits per heavy atom. The number of H-pyrrole nitrogens is 1. The van der Waals surface area contributed by atoms with Gasteiger partial charge in [0.2, 0.25) is 88.6 Å². The number of aliphatic carboxylic acids is 1. The lowest BCUT2D eigenvalue weighted by Crippen LogP contribution is -2.63. The van der Waals surface area contributed by atoms with Crippen LogP contribution in [0.2, 0.25) is 0 Å². The van der Waals surface area contributed by atoms with Gasteiger partial charge in [0.1, 0.15) is 90.3 Å². The van der Waals surface area contributed by atoms with Gasteiger partial charge in [-0.1, -0.05) is 101 Å². The maximum Gasteiger partial charge on any atom is 0.326 e. The number of primary amides is 1. The summed E-state index contributed by atoms with van der Waals surface area (Å²) in [6, 6.07) is -16.5. The molecule has 0 aliphatic carbocycles. The van der Waals surface area contributed by atoms with E-state index in [9.17, 15) is 102 Å². The molecule has 1 saturated heterocycles. The van der Waals surface area contributed by atoms with Crippen molar-refractivity contribution in [1.29, 1.82) is 0 Å². The number of hydrogen-bond donors (Lipinski definition) is 23. The molecule has 0 radical (unpaired) electrons. The predicted molar refractivity (Wildman–Crippen MR) is 432 cm³/mol. The number of benzene rings is 1. The molecule has 2 aromatic rings. The third kappa shape index (κ3) is 34.0. The average Bonchev–Trinajstić information content (AvgIpc) is 1.75. The molecule has 119 heavy (non-hydrogen) atoms. The number of carbonyl (C=O) groups is 16. The number of phenolic OH excluding ortho intramolecular Hbond substituents is 1. The molecule has 0 spiro atoms. The second-order valence-electron chi connectivity index (χ2n) is 31.1. The number of carbonyl (C=O) groups excluding carboxylic acids is 15. The normalized spacial score (nSPS) is 17.1. The number of hydrogen-bond acceptors (Lipinski definition) is 23. The van der Waals surface area contributed by atoms with Crippen molar-refractivity contribution in [3.05, 3.63) is 48.0 Å². The number of nitrogens with zero attached hydrogens (tertiary/aromatic N) is 3. The molecule has 1 aliphatic heterocycles. The molecule has 0 bridgehead atoms. The molecule has 15 amide bonds. The largest absolute Gasteiger partial charge is 0.508 e. The van der Waals surface area contributed by atoms with Crippen LogP contribution in [0.5, 0.6) is 5.75 Å². The number of phenols is 1. The maximum absolute atomic E-state index is 14.7. The standard InChI is InChI=1S/C77H127N21O21/c1-14-39(8)58(79)72(114)92-53(32-46-33-82-36-84-46)67(109)90-51(30-38(6)7)68(110)95-59(40(9)15-2)73(115)94-55(35-100)70(112)97-61(44(13)101)74(116)87-48(25-26-57(78)103)64(106)93-54(34-99)69(111)86-43(12)63(105)96-60(41(10)16-3)75(117)98-28-18-20-56(98)71(113)91-52(31-45-21-23-47(102)24-22-45)65(107)85-42(11)62(104)89-50(29-37(4)5)66(108)88-49(76(118)119)19-17-27-83-77(80)81/h21-24,33,36-44,48-56,58-61,99-102H,14-20,25-32,34-35,79H2,1-13H3,(H2,78,103)(H,82,84)(H,85,107)(H,86,111)(H,87,116)(H,88,108)(H,89,104)(H,90,109)(H,91,113)(H,92,114)(H,93,106)(H,94,115)(H,95,110)(H,96,105)(H,97,112)(H,118,119)(H4,80,81,83)/t39-,40-,41-,42-,43-,44+,48-,49-,50-,51-,52-,53-,54-,55-,56-,58-,59-,60-,61-/m0/s1. The van der Waals surface area contributed by atoms with E-state index in [0.717, 1.165) is 6.92 Å². The SMILES string of the molecule is CC[C@H](C)[C@H](N)C(=O)N[C@@H](Cc1cnc[nH]1)C(=O)N[C@@H](CC(C)C)C(=O)N[C@H](C(=O)N[C@@H](CO)C(=O)N[C@H](C(=O)N[C@@H](CCC(N)=O)C(=O)N[C@@H](CO)C(=O)N[C@@H](C)C(=O)N[C@H](C(=O)N1CCC[C@H]1C(=O)N[C@@H](Cc1ccc(O)cc1)C(=O)N[C@@H](C)C(=O)N[C@@H](CC(C)C)C(=O)N[C@@H](CCCN=C(N)N)C(=O)O)[C@@H](C)CC)[C@@H](C)O)[C@@H](C)CC. The first-order chi connectivity index (χ1) is 55.9. The molecule has 19 atom stereocenters. The van der Waals surface area contributed by atoms with Gasteiger partial charge in [0.05, 0.1) is 31.7 Å². The first kappa shape index (κ1) is 102. The van der Waals surface area contributed by atoms with Crippen LogP contribution >= 0.6 is 0 Å². The number of aliphatic imine (C=N–C) groups is 1. The Morgan fingerprint density at radius 3 is 1.46 bits per heavy atom. The van der Waals surface area contributed by atoms with Crippen LogP contribution in [-0.2, 0) is 89.6 Å². The lowest BCUT2D eigenvalue weighted by Gasteiger charge is -2.33. The third-order valence-electron chi connectivity index (χ3n) is 20.3. The molecule has 3 rings (SSSR count). The van der Waals surface area contributed by atoms with Gasteiger partial charge in [0, 0.05) is 44.2 Å². The zero-order valence-electron chi connectivity index (χ0n) is 70.0. The summed E-state index contributed by atoms with van der Waals surface area (Å²) in [5.74, 6) is -17.9. The molecule has 666 valence electrons. The van der Waals surface area contributed by atoms with Gasteiger partial charge in [0.25, 0.3) is 0 Å². The fraction of sp³-hybridized carbons (Fsp3) is 0.662. The van der Waals surface area contributed by atoms with Gasteiger partial charge < -0.3 is 127 Å². The minimum absolute atomic E-state index is 0.00209. The Labute approximate surface area is 691 Å². The maximum atomic E-state index is 14.7. The van der Waals surface area contributed by atoms with E-state index >= 15 is 0 Å².